The summed E-state index contributed by atoms with van der Waals surface area (Å²) in [6.45, 7) is 1.37. The summed E-state index contributed by atoms with van der Waals surface area (Å²) in [5.74, 6) is 0.887. The molecular formula is C17H18N2O. The summed E-state index contributed by atoms with van der Waals surface area (Å²) in [6, 6.07) is 16.6. The molecule has 0 saturated heterocycles. The highest BCUT2D eigenvalue weighted by Gasteiger charge is 2.06. The highest BCUT2D eigenvalue weighted by molar-refractivity contribution is 5.83. The van der Waals surface area contributed by atoms with Gasteiger partial charge in [0.2, 0.25) is 0 Å². The summed E-state index contributed by atoms with van der Waals surface area (Å²) in [6.07, 6.45) is 2.11. The van der Waals surface area contributed by atoms with Gasteiger partial charge in [0.15, 0.2) is 0 Å². The van der Waals surface area contributed by atoms with Crippen molar-refractivity contribution >= 4 is 10.9 Å². The predicted octanol–water partition coefficient (Wildman–Crippen LogP) is 3.16. The van der Waals surface area contributed by atoms with Crippen LogP contribution in [0.15, 0.2) is 54.7 Å². The van der Waals surface area contributed by atoms with Crippen LogP contribution in [0.1, 0.15) is 11.1 Å². The van der Waals surface area contributed by atoms with E-state index in [1.807, 2.05) is 12.1 Å². The number of aromatic nitrogens is 1. The van der Waals surface area contributed by atoms with Gasteiger partial charge in [0.05, 0.1) is 12.6 Å². The van der Waals surface area contributed by atoms with Gasteiger partial charge < -0.3 is 15.0 Å². The molecule has 0 aliphatic carbocycles. The summed E-state index contributed by atoms with van der Waals surface area (Å²) in [7, 11) is 1.69. The number of methoxy groups -OCH3 is 1. The second kappa shape index (κ2) is 5.39. The molecule has 3 rings (SSSR count). The Labute approximate surface area is 118 Å². The lowest BCUT2D eigenvalue weighted by molar-refractivity contribution is 0.414. The summed E-state index contributed by atoms with van der Waals surface area (Å²) in [4.78, 5) is 0. The van der Waals surface area contributed by atoms with Gasteiger partial charge in [-0.25, -0.2) is 0 Å². The average Bonchev–Trinajstić information content (AvgIpc) is 2.90. The number of para-hydroxylation sites is 1. The van der Waals surface area contributed by atoms with E-state index in [-0.39, 0.29) is 0 Å². The molecule has 0 saturated carbocycles. The van der Waals surface area contributed by atoms with Crippen LogP contribution in [0.2, 0.25) is 0 Å². The van der Waals surface area contributed by atoms with Crippen molar-refractivity contribution in [1.82, 2.24) is 4.57 Å². The average molecular weight is 266 g/mol. The molecule has 0 atom stereocenters. The first-order valence-electron chi connectivity index (χ1n) is 6.71. The molecule has 3 nitrogen and oxygen atoms in total. The monoisotopic (exact) mass is 266 g/mol. The molecule has 2 N–H and O–H groups in total. The third kappa shape index (κ3) is 2.28. The standard InChI is InChI=1S/C17H18N2O/c1-20-16-7-2-4-13(10-16)12-19-9-8-14-5-3-6-15(11-18)17(14)19/h2-10H,11-12,18H2,1H3. The Morgan fingerprint density at radius 3 is 2.75 bits per heavy atom. The Kier molecular flexibility index (Phi) is 3.44. The van der Waals surface area contributed by atoms with Gasteiger partial charge in [0, 0.05) is 19.3 Å². The molecule has 20 heavy (non-hydrogen) atoms. The molecule has 3 heteroatoms. The molecule has 0 aliphatic rings. The zero-order valence-corrected chi connectivity index (χ0v) is 11.5. The van der Waals surface area contributed by atoms with Gasteiger partial charge in [0.1, 0.15) is 5.75 Å². The summed E-state index contributed by atoms with van der Waals surface area (Å²) in [5.41, 5.74) is 9.46. The number of benzene rings is 2. The number of rotatable bonds is 4. The van der Waals surface area contributed by atoms with Crippen LogP contribution in [-0.2, 0) is 13.1 Å². The van der Waals surface area contributed by atoms with E-state index in [4.69, 9.17) is 10.5 Å². The number of ether oxygens (including phenoxy) is 1. The van der Waals surface area contributed by atoms with E-state index >= 15 is 0 Å². The fraction of sp³-hybridized carbons (Fsp3) is 0.176. The van der Waals surface area contributed by atoms with Crippen LogP contribution in [0.25, 0.3) is 10.9 Å². The topological polar surface area (TPSA) is 40.2 Å². The van der Waals surface area contributed by atoms with E-state index < -0.39 is 0 Å². The van der Waals surface area contributed by atoms with Crippen molar-refractivity contribution in [2.75, 3.05) is 7.11 Å². The number of nitrogens with zero attached hydrogens (tertiary/aromatic N) is 1. The minimum Gasteiger partial charge on any atom is -0.497 e. The van der Waals surface area contributed by atoms with Gasteiger partial charge in [-0.3, -0.25) is 0 Å². The van der Waals surface area contributed by atoms with Crippen molar-refractivity contribution in [2.24, 2.45) is 5.73 Å². The molecule has 0 unspecified atom stereocenters. The van der Waals surface area contributed by atoms with Crippen molar-refractivity contribution in [3.8, 4) is 5.75 Å². The van der Waals surface area contributed by atoms with Crippen molar-refractivity contribution in [2.45, 2.75) is 13.1 Å². The Morgan fingerprint density at radius 2 is 1.95 bits per heavy atom. The van der Waals surface area contributed by atoms with E-state index in [0.29, 0.717) is 6.54 Å². The first-order valence-corrected chi connectivity index (χ1v) is 6.71. The normalized spacial score (nSPS) is 10.9. The quantitative estimate of drug-likeness (QED) is 0.788. The van der Waals surface area contributed by atoms with Crippen LogP contribution in [0.4, 0.5) is 0 Å². The molecule has 1 aromatic heterocycles. The van der Waals surface area contributed by atoms with Crippen LogP contribution >= 0.6 is 0 Å². The molecule has 0 fully saturated rings. The van der Waals surface area contributed by atoms with Crippen LogP contribution in [-0.4, -0.2) is 11.7 Å². The van der Waals surface area contributed by atoms with Crippen molar-refractivity contribution in [3.05, 3.63) is 65.9 Å². The predicted molar refractivity (Wildman–Crippen MR) is 81.9 cm³/mol. The zero-order valence-electron chi connectivity index (χ0n) is 11.5. The van der Waals surface area contributed by atoms with Gasteiger partial charge in [0.25, 0.3) is 0 Å². The molecule has 102 valence electrons. The Bertz CT molecular complexity index is 731. The minimum absolute atomic E-state index is 0.555. The maximum Gasteiger partial charge on any atom is 0.119 e. The molecule has 0 radical (unpaired) electrons. The van der Waals surface area contributed by atoms with Crippen molar-refractivity contribution in [3.63, 3.8) is 0 Å². The van der Waals surface area contributed by atoms with E-state index in [1.54, 1.807) is 7.11 Å². The fourth-order valence-electron chi connectivity index (χ4n) is 2.60. The first-order chi connectivity index (χ1) is 9.81. The van der Waals surface area contributed by atoms with Crippen molar-refractivity contribution in [1.29, 1.82) is 0 Å². The van der Waals surface area contributed by atoms with E-state index in [9.17, 15) is 0 Å². The molecule has 2 aromatic carbocycles. The lowest BCUT2D eigenvalue weighted by Crippen LogP contribution is -2.03. The number of hydrogen-bond acceptors (Lipinski definition) is 2. The van der Waals surface area contributed by atoms with E-state index in [1.165, 1.54) is 22.0 Å². The smallest absolute Gasteiger partial charge is 0.119 e. The number of fused-ring (bicyclic) bond motifs is 1. The summed E-state index contributed by atoms with van der Waals surface area (Å²) < 4.78 is 7.52. The molecule has 0 bridgehead atoms. The summed E-state index contributed by atoms with van der Waals surface area (Å²) in [5, 5.41) is 1.23. The number of nitrogens with two attached hydrogens (primary N) is 1. The Morgan fingerprint density at radius 1 is 1.10 bits per heavy atom. The maximum atomic E-state index is 5.85. The van der Waals surface area contributed by atoms with Gasteiger partial charge in [-0.2, -0.15) is 0 Å². The molecule has 0 aliphatic heterocycles. The second-order valence-corrected chi connectivity index (χ2v) is 4.85. The molecule has 0 amide bonds. The van der Waals surface area contributed by atoms with Crippen LogP contribution in [0, 0.1) is 0 Å². The third-order valence-electron chi connectivity index (χ3n) is 3.58. The van der Waals surface area contributed by atoms with E-state index in [2.05, 4.69) is 47.2 Å². The molecule has 3 aromatic rings. The van der Waals surface area contributed by atoms with Crippen LogP contribution in [0.3, 0.4) is 0 Å². The molecule has 0 spiro atoms. The van der Waals surface area contributed by atoms with Gasteiger partial charge in [-0.05, 0) is 34.7 Å². The highest BCUT2D eigenvalue weighted by atomic mass is 16.5. The zero-order chi connectivity index (χ0) is 13.9. The summed E-state index contributed by atoms with van der Waals surface area (Å²) >= 11 is 0. The lowest BCUT2D eigenvalue weighted by Gasteiger charge is -2.10. The SMILES string of the molecule is COc1cccc(Cn2ccc3cccc(CN)c32)c1. The molecule has 1 heterocycles. The fourth-order valence-corrected chi connectivity index (χ4v) is 2.60. The van der Waals surface area contributed by atoms with Gasteiger partial charge in [-0.1, -0.05) is 30.3 Å². The second-order valence-electron chi connectivity index (χ2n) is 4.85. The Balaban J connectivity index is 2.02. The highest BCUT2D eigenvalue weighted by Crippen LogP contribution is 2.22. The Hall–Kier alpha value is -2.26. The first kappa shape index (κ1) is 12.8. The van der Waals surface area contributed by atoms with Crippen LogP contribution < -0.4 is 10.5 Å². The third-order valence-corrected chi connectivity index (χ3v) is 3.58. The molecular weight excluding hydrogens is 248 g/mol. The van der Waals surface area contributed by atoms with Crippen LogP contribution in [0.5, 0.6) is 5.75 Å². The lowest BCUT2D eigenvalue weighted by atomic mass is 10.1. The van der Waals surface area contributed by atoms with E-state index in [0.717, 1.165) is 12.3 Å². The largest absolute Gasteiger partial charge is 0.497 e. The minimum atomic E-state index is 0.555. The van der Waals surface area contributed by atoms with Gasteiger partial charge in [-0.15, -0.1) is 0 Å². The number of hydrogen-bond donors (Lipinski definition) is 1. The van der Waals surface area contributed by atoms with Gasteiger partial charge >= 0.3 is 0 Å². The maximum absolute atomic E-state index is 5.85. The van der Waals surface area contributed by atoms with Crippen molar-refractivity contribution < 1.29 is 4.74 Å².